The number of rotatable bonds is 5. The second-order valence-corrected chi connectivity index (χ2v) is 11.1. The van der Waals surface area contributed by atoms with Crippen molar-refractivity contribution in [2.75, 3.05) is 13.2 Å². The van der Waals surface area contributed by atoms with Crippen molar-refractivity contribution in [1.29, 1.82) is 10.8 Å². The summed E-state index contributed by atoms with van der Waals surface area (Å²) in [5, 5.41) is 22.8. The Labute approximate surface area is 222 Å². The minimum Gasteiger partial charge on any atom is -0.377 e. The van der Waals surface area contributed by atoms with Gasteiger partial charge in [0.25, 0.3) is 5.91 Å². The number of carbonyl (C=O) groups excluding carboxylic acids is 1. The molecule has 1 amide bonds. The van der Waals surface area contributed by atoms with Crippen LogP contribution in [0, 0.1) is 22.1 Å². The van der Waals surface area contributed by atoms with Crippen LogP contribution in [-0.2, 0) is 16.1 Å². The smallest absolute Gasteiger partial charge is 0.276 e. The fourth-order valence-corrected chi connectivity index (χ4v) is 4.41. The molecule has 1 fully saturated rings. The summed E-state index contributed by atoms with van der Waals surface area (Å²) < 4.78 is 22.1. The summed E-state index contributed by atoms with van der Waals surface area (Å²) in [6.45, 7) is 6.72. The van der Waals surface area contributed by atoms with Gasteiger partial charge in [-0.1, -0.05) is 32.9 Å². The summed E-state index contributed by atoms with van der Waals surface area (Å²) in [7, 11) is 0. The van der Waals surface area contributed by atoms with Crippen LogP contribution in [0.3, 0.4) is 0 Å². The fraction of sp³-hybridized carbons (Fsp3) is 0.308. The number of ether oxygens (including phenoxy) is 1. The molecular weight excluding hydrogens is 507 g/mol. The maximum Gasteiger partial charge on any atom is 0.276 e. The Balaban J connectivity index is 1.31. The first kappa shape index (κ1) is 25.7. The fourth-order valence-electron chi connectivity index (χ4n) is 3.74. The molecule has 0 unspecified atom stereocenters. The number of hydrogen-bond donors (Lipinski definition) is 4. The van der Waals surface area contributed by atoms with Crippen molar-refractivity contribution in [2.45, 2.75) is 33.4 Å². The van der Waals surface area contributed by atoms with Crippen LogP contribution >= 0.6 is 11.8 Å². The van der Waals surface area contributed by atoms with Gasteiger partial charge < -0.3 is 15.0 Å². The Bertz CT molecular complexity index is 1550. The average Bonchev–Trinajstić information content (AvgIpc) is 3.48. The van der Waals surface area contributed by atoms with E-state index in [1.54, 1.807) is 30.6 Å². The van der Waals surface area contributed by atoms with Gasteiger partial charge in [-0.15, -0.1) is 0 Å². The molecule has 1 aliphatic heterocycles. The summed E-state index contributed by atoms with van der Waals surface area (Å²) in [5.74, 6) is -0.523. The molecule has 3 aromatic heterocycles. The van der Waals surface area contributed by atoms with Crippen LogP contribution < -0.4 is 5.32 Å². The molecule has 1 aliphatic rings. The molecule has 4 aromatic rings. The van der Waals surface area contributed by atoms with Crippen molar-refractivity contribution in [2.24, 2.45) is 5.41 Å². The molecule has 196 valence electrons. The van der Waals surface area contributed by atoms with Crippen molar-refractivity contribution < 1.29 is 13.9 Å². The van der Waals surface area contributed by atoms with Gasteiger partial charge in [-0.25, -0.2) is 14.4 Å². The highest BCUT2D eigenvalue weighted by molar-refractivity contribution is 8.27. The topological polar surface area (TPSA) is 145 Å². The molecule has 1 saturated heterocycles. The van der Waals surface area contributed by atoms with E-state index in [4.69, 9.17) is 15.6 Å². The minimum atomic E-state index is -0.651. The Hall–Kier alpha value is -3.90. The van der Waals surface area contributed by atoms with Gasteiger partial charge in [-0.3, -0.25) is 20.3 Å². The van der Waals surface area contributed by atoms with Gasteiger partial charge in [0.2, 0.25) is 0 Å². The standard InChI is InChI=1S/C26H27FN8O2S/c1-26(2,3)25(29)38-21(28)24(36)31-9-15-5-4-14(8-19(15)27)18-6-7-30-23-20(18)33-22(34-23)16-10-32-35(11-16)17-12-37-13-17/h4-8,10-11,17,28-29H,9,12-13H2,1-3H3,(H,31,36)(H,30,33,34). The largest absolute Gasteiger partial charge is 0.377 e. The molecule has 0 spiro atoms. The molecule has 10 nitrogen and oxygen atoms in total. The summed E-state index contributed by atoms with van der Waals surface area (Å²) in [6.07, 6.45) is 5.28. The Morgan fingerprint density at radius 2 is 2.05 bits per heavy atom. The van der Waals surface area contributed by atoms with Crippen molar-refractivity contribution in [3.63, 3.8) is 0 Å². The molecule has 0 aliphatic carbocycles. The monoisotopic (exact) mass is 534 g/mol. The third-order valence-corrected chi connectivity index (χ3v) is 7.36. The van der Waals surface area contributed by atoms with Crippen molar-refractivity contribution in [3.05, 3.63) is 54.2 Å². The Morgan fingerprint density at radius 3 is 2.74 bits per heavy atom. The van der Waals surface area contributed by atoms with Crippen LogP contribution in [0.5, 0.6) is 0 Å². The number of imidazole rings is 1. The van der Waals surface area contributed by atoms with Gasteiger partial charge in [0.15, 0.2) is 10.7 Å². The summed E-state index contributed by atoms with van der Waals surface area (Å²) in [4.78, 5) is 24.5. The molecule has 0 radical (unpaired) electrons. The summed E-state index contributed by atoms with van der Waals surface area (Å²) in [6, 6.07) is 6.80. The van der Waals surface area contributed by atoms with E-state index in [2.05, 4.69) is 25.4 Å². The normalized spacial score (nSPS) is 13.9. The number of thioether (sulfide) groups is 1. The van der Waals surface area contributed by atoms with Gasteiger partial charge in [-0.2, -0.15) is 5.10 Å². The third kappa shape index (κ3) is 5.22. The number of amides is 1. The molecule has 0 saturated carbocycles. The number of hydrogen-bond acceptors (Lipinski definition) is 8. The zero-order valence-corrected chi connectivity index (χ0v) is 21.9. The van der Waals surface area contributed by atoms with E-state index in [9.17, 15) is 4.79 Å². The van der Waals surface area contributed by atoms with Crippen LogP contribution in [0.25, 0.3) is 33.7 Å². The molecule has 4 N–H and O–H groups in total. The molecule has 0 bridgehead atoms. The predicted molar refractivity (Wildman–Crippen MR) is 145 cm³/mol. The molecule has 5 rings (SSSR count). The van der Waals surface area contributed by atoms with E-state index in [1.807, 2.05) is 31.6 Å². The lowest BCUT2D eigenvalue weighted by Gasteiger charge is -2.25. The van der Waals surface area contributed by atoms with Crippen LogP contribution in [0.4, 0.5) is 4.39 Å². The maximum absolute atomic E-state index is 15.0. The lowest BCUT2D eigenvalue weighted by molar-refractivity contribution is -0.114. The van der Waals surface area contributed by atoms with E-state index in [-0.39, 0.29) is 28.2 Å². The van der Waals surface area contributed by atoms with Crippen LogP contribution in [0.2, 0.25) is 0 Å². The second kappa shape index (κ2) is 10.1. The van der Waals surface area contributed by atoms with Gasteiger partial charge in [-0.05, 0) is 29.5 Å². The third-order valence-electron chi connectivity index (χ3n) is 6.16. The van der Waals surface area contributed by atoms with E-state index in [1.165, 1.54) is 6.07 Å². The molecule has 1 aromatic carbocycles. The number of aromatic amines is 1. The van der Waals surface area contributed by atoms with Crippen LogP contribution in [-0.4, -0.2) is 53.9 Å². The number of nitrogens with one attached hydrogen (secondary N) is 4. The molecule has 38 heavy (non-hydrogen) atoms. The highest BCUT2D eigenvalue weighted by atomic mass is 32.2. The molecule has 12 heteroatoms. The first-order chi connectivity index (χ1) is 18.1. The Morgan fingerprint density at radius 1 is 1.26 bits per heavy atom. The van der Waals surface area contributed by atoms with Crippen molar-refractivity contribution >= 4 is 38.9 Å². The first-order valence-electron chi connectivity index (χ1n) is 12.0. The average molecular weight is 535 g/mol. The minimum absolute atomic E-state index is 0.0767. The summed E-state index contributed by atoms with van der Waals surface area (Å²) >= 11 is 0.796. The molecule has 0 atom stereocenters. The highest BCUT2D eigenvalue weighted by Gasteiger charge is 2.23. The Kier molecular flexibility index (Phi) is 6.84. The van der Waals surface area contributed by atoms with Crippen LogP contribution in [0.1, 0.15) is 32.4 Å². The SMILES string of the molecule is CC(C)(C)C(=N)SC(=N)C(=O)NCc1ccc(-c2ccnc3nc(-c4cnn(C5COC5)c4)[nH]c23)cc1F. The molecule has 4 heterocycles. The van der Waals surface area contributed by atoms with E-state index in [0.717, 1.165) is 22.9 Å². The maximum atomic E-state index is 15.0. The zero-order chi connectivity index (χ0) is 27.0. The second-order valence-electron chi connectivity index (χ2n) is 10.0. The lowest BCUT2D eigenvalue weighted by Crippen LogP contribution is -2.30. The first-order valence-corrected chi connectivity index (χ1v) is 12.8. The zero-order valence-electron chi connectivity index (χ0n) is 21.1. The lowest BCUT2D eigenvalue weighted by atomic mass is 9.99. The van der Waals surface area contributed by atoms with Gasteiger partial charge in [0.1, 0.15) is 11.6 Å². The number of pyridine rings is 1. The number of benzene rings is 1. The van der Waals surface area contributed by atoms with Crippen LogP contribution in [0.15, 0.2) is 42.9 Å². The highest BCUT2D eigenvalue weighted by Crippen LogP contribution is 2.30. The number of fused-ring (bicyclic) bond motifs is 1. The quantitative estimate of drug-likeness (QED) is 0.218. The van der Waals surface area contributed by atoms with Gasteiger partial charge in [0, 0.05) is 35.5 Å². The van der Waals surface area contributed by atoms with E-state index in [0.29, 0.717) is 35.8 Å². The van der Waals surface area contributed by atoms with Gasteiger partial charge in [0.05, 0.1) is 41.6 Å². The number of aromatic nitrogens is 5. The van der Waals surface area contributed by atoms with Crippen molar-refractivity contribution in [3.8, 4) is 22.5 Å². The molecular formula is C26H27FN8O2S. The van der Waals surface area contributed by atoms with Gasteiger partial charge >= 0.3 is 0 Å². The van der Waals surface area contributed by atoms with E-state index < -0.39 is 17.1 Å². The number of carbonyl (C=O) groups is 1. The predicted octanol–water partition coefficient (Wildman–Crippen LogP) is 4.55. The summed E-state index contributed by atoms with van der Waals surface area (Å²) in [5.41, 5.74) is 3.19. The number of nitrogens with zero attached hydrogens (tertiary/aromatic N) is 4. The van der Waals surface area contributed by atoms with Crippen molar-refractivity contribution in [1.82, 2.24) is 30.0 Å². The number of halogens is 1. The van der Waals surface area contributed by atoms with E-state index >= 15 is 4.39 Å². The number of H-pyrrole nitrogens is 1.